The number of aliphatic carboxylic acids is 2. The first kappa shape index (κ1) is 22.2. The van der Waals surface area contributed by atoms with Gasteiger partial charge in [0.25, 0.3) is 0 Å². The Labute approximate surface area is 142 Å². The van der Waals surface area contributed by atoms with Crippen LogP contribution in [-0.2, 0) is 19.1 Å². The van der Waals surface area contributed by atoms with E-state index >= 15 is 0 Å². The van der Waals surface area contributed by atoms with Crippen molar-refractivity contribution in [3.63, 3.8) is 0 Å². The Bertz CT molecular complexity index is 375. The van der Waals surface area contributed by atoms with Gasteiger partial charge < -0.3 is 19.7 Å². The monoisotopic (exact) mass is 350 g/mol. The van der Waals surface area contributed by atoms with Crippen molar-refractivity contribution in [3.05, 3.63) is 0 Å². The molecule has 0 radical (unpaired) electrons. The van der Waals surface area contributed by atoms with E-state index in [4.69, 9.17) is 19.7 Å². The Morgan fingerprint density at radius 1 is 1.04 bits per heavy atom. The number of hydrogen-bond donors (Lipinski definition) is 2. The molecule has 0 aliphatic carbocycles. The van der Waals surface area contributed by atoms with Gasteiger partial charge in [0.15, 0.2) is 0 Å². The molecule has 136 valence electrons. The molecule has 0 aliphatic rings. The fourth-order valence-corrected chi connectivity index (χ4v) is 2.66. The number of rotatable bonds is 12. The van der Waals surface area contributed by atoms with Crippen LogP contribution in [0, 0.1) is 0 Å². The maximum Gasteiger partial charge on any atom is 0.317 e. The summed E-state index contributed by atoms with van der Waals surface area (Å²) in [7, 11) is 0. The molecule has 0 aliphatic heterocycles. The van der Waals surface area contributed by atoms with Gasteiger partial charge in [0.2, 0.25) is 0 Å². The Morgan fingerprint density at radius 2 is 1.65 bits per heavy atom. The van der Waals surface area contributed by atoms with Gasteiger partial charge in [0.05, 0.1) is 17.6 Å². The molecule has 2 N–H and O–H groups in total. The maximum absolute atomic E-state index is 10.9. The maximum atomic E-state index is 10.9. The Morgan fingerprint density at radius 3 is 2.13 bits per heavy atom. The zero-order chi connectivity index (χ0) is 18.1. The van der Waals surface area contributed by atoms with E-state index in [9.17, 15) is 9.59 Å². The van der Waals surface area contributed by atoms with Crippen molar-refractivity contribution in [1.82, 2.24) is 0 Å². The molecule has 0 saturated heterocycles. The van der Waals surface area contributed by atoms with Crippen LogP contribution in [-0.4, -0.2) is 57.6 Å². The van der Waals surface area contributed by atoms with E-state index in [1.165, 1.54) is 0 Å². The molecule has 0 aromatic carbocycles. The predicted octanol–water partition coefficient (Wildman–Crippen LogP) is 3.04. The van der Waals surface area contributed by atoms with E-state index in [0.29, 0.717) is 25.4 Å². The average molecular weight is 350 g/mol. The lowest BCUT2D eigenvalue weighted by atomic mass is 10.1. The molecule has 0 heterocycles. The summed E-state index contributed by atoms with van der Waals surface area (Å²) in [6.45, 7) is 11.1. The van der Waals surface area contributed by atoms with Crippen LogP contribution in [0.3, 0.4) is 0 Å². The highest BCUT2D eigenvalue weighted by Gasteiger charge is 2.22. The molecule has 7 heteroatoms. The third-order valence-electron chi connectivity index (χ3n) is 2.98. The topological polar surface area (TPSA) is 93.1 Å². The number of thioether (sulfide) groups is 1. The van der Waals surface area contributed by atoms with Crippen molar-refractivity contribution in [3.8, 4) is 0 Å². The summed E-state index contributed by atoms with van der Waals surface area (Å²) in [6, 6.07) is 0. The number of carbonyl (C=O) groups is 2. The lowest BCUT2D eigenvalue weighted by molar-refractivity contribution is -0.142. The lowest BCUT2D eigenvalue weighted by Crippen LogP contribution is -2.29. The van der Waals surface area contributed by atoms with Crippen molar-refractivity contribution in [2.24, 2.45) is 0 Å². The molecule has 6 nitrogen and oxygen atoms in total. The summed E-state index contributed by atoms with van der Waals surface area (Å²) >= 11 is 1.14. The van der Waals surface area contributed by atoms with Gasteiger partial charge in [-0.15, -0.1) is 11.8 Å². The quantitative estimate of drug-likeness (QED) is 0.523. The summed E-state index contributed by atoms with van der Waals surface area (Å²) in [5.74, 6) is -1.63. The third kappa shape index (κ3) is 13.4. The fourth-order valence-electron chi connectivity index (χ4n) is 1.68. The number of ether oxygens (including phenoxy) is 2. The van der Waals surface area contributed by atoms with Gasteiger partial charge in [-0.1, -0.05) is 0 Å². The van der Waals surface area contributed by atoms with Crippen LogP contribution in [0.5, 0.6) is 0 Å². The smallest absolute Gasteiger partial charge is 0.317 e. The minimum atomic E-state index is -1.10. The van der Waals surface area contributed by atoms with Crippen LogP contribution in [0.1, 0.15) is 53.9 Å². The minimum Gasteiger partial charge on any atom is -0.481 e. The minimum absolute atomic E-state index is 0.164. The van der Waals surface area contributed by atoms with Crippen LogP contribution in [0.25, 0.3) is 0 Å². The fraction of sp³-hybridized carbons (Fsp3) is 0.875. The van der Waals surface area contributed by atoms with E-state index in [1.54, 1.807) is 0 Å². The molecule has 0 bridgehead atoms. The summed E-state index contributed by atoms with van der Waals surface area (Å²) in [5, 5.41) is 16.7. The highest BCUT2D eigenvalue weighted by Crippen LogP contribution is 2.19. The molecule has 0 fully saturated rings. The molecule has 0 aromatic rings. The third-order valence-corrected chi connectivity index (χ3v) is 4.27. The van der Waals surface area contributed by atoms with E-state index < -0.39 is 17.2 Å². The first-order valence-corrected chi connectivity index (χ1v) is 8.82. The van der Waals surface area contributed by atoms with E-state index in [-0.39, 0.29) is 17.6 Å². The molecule has 1 atom stereocenters. The first-order valence-electron chi connectivity index (χ1n) is 7.77. The Balaban J connectivity index is 3.91. The Hall–Kier alpha value is -0.790. The van der Waals surface area contributed by atoms with Gasteiger partial charge in [-0.25, -0.2) is 0 Å². The van der Waals surface area contributed by atoms with Crippen molar-refractivity contribution in [1.29, 1.82) is 0 Å². The zero-order valence-corrected chi connectivity index (χ0v) is 15.6. The van der Waals surface area contributed by atoms with Crippen LogP contribution in [0.4, 0.5) is 0 Å². The van der Waals surface area contributed by atoms with Crippen molar-refractivity contribution in [2.75, 3.05) is 19.0 Å². The summed E-state index contributed by atoms with van der Waals surface area (Å²) in [6.07, 6.45) is 1.09. The average Bonchev–Trinajstić information content (AvgIpc) is 2.34. The summed E-state index contributed by atoms with van der Waals surface area (Å²) < 4.78 is 11.5. The van der Waals surface area contributed by atoms with Gasteiger partial charge in [-0.2, -0.15) is 0 Å². The Kier molecular flexibility index (Phi) is 9.80. The summed E-state index contributed by atoms with van der Waals surface area (Å²) in [4.78, 5) is 21.5. The molecule has 1 unspecified atom stereocenters. The predicted molar refractivity (Wildman–Crippen MR) is 91.1 cm³/mol. The molecular weight excluding hydrogens is 320 g/mol. The van der Waals surface area contributed by atoms with Crippen molar-refractivity contribution in [2.45, 2.75) is 70.3 Å². The van der Waals surface area contributed by atoms with Crippen molar-refractivity contribution < 1.29 is 29.3 Å². The van der Waals surface area contributed by atoms with Gasteiger partial charge >= 0.3 is 11.9 Å². The van der Waals surface area contributed by atoms with Gasteiger partial charge in [-0.3, -0.25) is 9.59 Å². The van der Waals surface area contributed by atoms with Crippen LogP contribution < -0.4 is 0 Å². The summed E-state index contributed by atoms with van der Waals surface area (Å²) in [5.41, 5.74) is -0.466. The standard InChI is InChI=1S/C16H30O6S/c1-15(2,3)21-9-7-16(4,5)22-8-6-10-23-12(14(19)20)11-13(17)18/h12H,6-11H2,1-5H3,(H,17,18)(H,19,20). The first-order chi connectivity index (χ1) is 10.4. The van der Waals surface area contributed by atoms with Crippen molar-refractivity contribution >= 4 is 23.7 Å². The largest absolute Gasteiger partial charge is 0.481 e. The SMILES string of the molecule is CC(C)(C)OCCC(C)(C)OCCCSC(CC(=O)O)C(=O)O. The number of carboxylic acids is 2. The van der Waals surface area contributed by atoms with Crippen LogP contribution in [0.2, 0.25) is 0 Å². The molecule has 0 rings (SSSR count). The van der Waals surface area contributed by atoms with Gasteiger partial charge in [0, 0.05) is 13.2 Å². The van der Waals surface area contributed by atoms with Crippen LogP contribution in [0.15, 0.2) is 0 Å². The second-order valence-electron chi connectivity index (χ2n) is 6.97. The molecular formula is C16H30O6S. The molecule has 0 saturated carbocycles. The lowest BCUT2D eigenvalue weighted by Gasteiger charge is -2.28. The molecule has 0 spiro atoms. The van der Waals surface area contributed by atoms with E-state index in [2.05, 4.69) is 0 Å². The second-order valence-corrected chi connectivity index (χ2v) is 8.28. The number of carboxylic acid groups (broad SMARTS) is 2. The normalized spacial score (nSPS) is 13.8. The van der Waals surface area contributed by atoms with E-state index in [0.717, 1.165) is 18.2 Å². The molecule has 0 amide bonds. The molecule has 0 aromatic heterocycles. The number of hydrogen-bond acceptors (Lipinski definition) is 5. The molecule has 23 heavy (non-hydrogen) atoms. The second kappa shape index (κ2) is 10.2. The zero-order valence-electron chi connectivity index (χ0n) is 14.8. The van der Waals surface area contributed by atoms with Gasteiger partial charge in [-0.05, 0) is 53.2 Å². The van der Waals surface area contributed by atoms with Gasteiger partial charge in [0.1, 0.15) is 5.25 Å². The van der Waals surface area contributed by atoms with Crippen LogP contribution >= 0.6 is 11.8 Å². The highest BCUT2D eigenvalue weighted by molar-refractivity contribution is 8.00. The highest BCUT2D eigenvalue weighted by atomic mass is 32.2. The van der Waals surface area contributed by atoms with E-state index in [1.807, 2.05) is 34.6 Å².